The summed E-state index contributed by atoms with van der Waals surface area (Å²) in [6.07, 6.45) is 1.41. The molecule has 2 nitrogen and oxygen atoms in total. The van der Waals surface area contributed by atoms with Gasteiger partial charge in [0.1, 0.15) is 0 Å². The first kappa shape index (κ1) is 11.0. The molecule has 1 heterocycles. The van der Waals surface area contributed by atoms with Crippen LogP contribution in [0.4, 0.5) is 5.69 Å². The lowest BCUT2D eigenvalue weighted by atomic mass is 10.1. The standard InChI is InChI=1S/C12H16BrNO/c1-8-7-10(3-4-11(8)13)14-12-5-6-15-9(12)2/h3-4,7,9,12,14H,5-6H2,1-2H3/t9-,12-/m1/s1. The third-order valence-electron chi connectivity index (χ3n) is 2.89. The largest absolute Gasteiger partial charge is 0.380 e. The third kappa shape index (κ3) is 2.52. The van der Waals surface area contributed by atoms with Gasteiger partial charge in [0.2, 0.25) is 0 Å². The molecule has 0 aliphatic carbocycles. The second-order valence-corrected chi connectivity index (χ2v) is 4.93. The van der Waals surface area contributed by atoms with E-state index in [4.69, 9.17) is 4.74 Å². The van der Waals surface area contributed by atoms with Gasteiger partial charge in [0.05, 0.1) is 12.1 Å². The SMILES string of the molecule is Cc1cc(N[C@@H]2CCO[C@@H]2C)ccc1Br. The van der Waals surface area contributed by atoms with Crippen molar-refractivity contribution in [2.24, 2.45) is 0 Å². The molecule has 1 N–H and O–H groups in total. The van der Waals surface area contributed by atoms with Crippen molar-refractivity contribution in [3.8, 4) is 0 Å². The highest BCUT2D eigenvalue weighted by Crippen LogP contribution is 2.23. The van der Waals surface area contributed by atoms with Crippen LogP contribution in [0.1, 0.15) is 18.9 Å². The maximum Gasteiger partial charge on any atom is 0.0748 e. The zero-order valence-electron chi connectivity index (χ0n) is 9.09. The van der Waals surface area contributed by atoms with Crippen molar-refractivity contribution >= 4 is 21.6 Å². The van der Waals surface area contributed by atoms with E-state index in [9.17, 15) is 0 Å². The van der Waals surface area contributed by atoms with Crippen LogP contribution < -0.4 is 5.32 Å². The summed E-state index contributed by atoms with van der Waals surface area (Å²) < 4.78 is 6.68. The Balaban J connectivity index is 2.07. The molecule has 0 unspecified atom stereocenters. The molecule has 82 valence electrons. The zero-order valence-corrected chi connectivity index (χ0v) is 10.7. The number of aryl methyl sites for hydroxylation is 1. The summed E-state index contributed by atoms with van der Waals surface area (Å²) in [6, 6.07) is 6.79. The Bertz CT molecular complexity index is 353. The van der Waals surface area contributed by atoms with Crippen LogP contribution in [0, 0.1) is 6.92 Å². The fourth-order valence-electron chi connectivity index (χ4n) is 1.87. The van der Waals surface area contributed by atoms with Crippen molar-refractivity contribution in [1.82, 2.24) is 0 Å². The van der Waals surface area contributed by atoms with Crippen molar-refractivity contribution in [3.05, 3.63) is 28.2 Å². The molecule has 0 aromatic heterocycles. The van der Waals surface area contributed by atoms with Gasteiger partial charge >= 0.3 is 0 Å². The Morgan fingerprint density at radius 3 is 2.87 bits per heavy atom. The Morgan fingerprint density at radius 1 is 1.47 bits per heavy atom. The number of anilines is 1. The Kier molecular flexibility index (Phi) is 3.32. The molecule has 0 spiro atoms. The van der Waals surface area contributed by atoms with E-state index in [2.05, 4.69) is 53.3 Å². The maximum atomic E-state index is 5.52. The van der Waals surface area contributed by atoms with Gasteiger partial charge in [-0.05, 0) is 44.0 Å². The van der Waals surface area contributed by atoms with Gasteiger partial charge in [-0.2, -0.15) is 0 Å². The number of hydrogen-bond donors (Lipinski definition) is 1. The number of ether oxygens (including phenoxy) is 1. The van der Waals surface area contributed by atoms with E-state index in [0.29, 0.717) is 12.1 Å². The maximum absolute atomic E-state index is 5.52. The summed E-state index contributed by atoms with van der Waals surface area (Å²) >= 11 is 3.50. The smallest absolute Gasteiger partial charge is 0.0748 e. The average Bonchev–Trinajstić information content (AvgIpc) is 2.59. The lowest BCUT2D eigenvalue weighted by Gasteiger charge is -2.17. The molecule has 1 aromatic rings. The number of nitrogens with one attached hydrogen (secondary N) is 1. The number of halogens is 1. The molecule has 0 amide bonds. The first-order valence-electron chi connectivity index (χ1n) is 5.31. The molecule has 1 fully saturated rings. The molecule has 3 heteroatoms. The minimum Gasteiger partial charge on any atom is -0.380 e. The minimum atomic E-state index is 0.314. The van der Waals surface area contributed by atoms with Crippen LogP contribution in [0.25, 0.3) is 0 Å². The van der Waals surface area contributed by atoms with E-state index >= 15 is 0 Å². The van der Waals surface area contributed by atoms with Crippen LogP contribution in [0.3, 0.4) is 0 Å². The van der Waals surface area contributed by atoms with E-state index in [-0.39, 0.29) is 0 Å². The van der Waals surface area contributed by atoms with Crippen LogP contribution in [-0.4, -0.2) is 18.8 Å². The quantitative estimate of drug-likeness (QED) is 0.889. The topological polar surface area (TPSA) is 21.3 Å². The van der Waals surface area contributed by atoms with Crippen molar-refractivity contribution in [2.45, 2.75) is 32.4 Å². The number of rotatable bonds is 2. The van der Waals surface area contributed by atoms with Gasteiger partial charge < -0.3 is 10.1 Å². The molecule has 1 saturated heterocycles. The first-order chi connectivity index (χ1) is 7.16. The molecule has 0 radical (unpaired) electrons. The summed E-state index contributed by atoms with van der Waals surface area (Å²) in [6.45, 7) is 5.09. The molecule has 15 heavy (non-hydrogen) atoms. The highest BCUT2D eigenvalue weighted by molar-refractivity contribution is 9.10. The van der Waals surface area contributed by atoms with Gasteiger partial charge in [0.25, 0.3) is 0 Å². The van der Waals surface area contributed by atoms with Crippen LogP contribution in [0.5, 0.6) is 0 Å². The van der Waals surface area contributed by atoms with Gasteiger partial charge in [-0.25, -0.2) is 0 Å². The second kappa shape index (κ2) is 4.54. The van der Waals surface area contributed by atoms with E-state index in [1.54, 1.807) is 0 Å². The van der Waals surface area contributed by atoms with Crippen molar-refractivity contribution in [3.63, 3.8) is 0 Å². The molecule has 1 aliphatic heterocycles. The van der Waals surface area contributed by atoms with Crippen molar-refractivity contribution < 1.29 is 4.74 Å². The van der Waals surface area contributed by atoms with Crippen molar-refractivity contribution in [2.75, 3.05) is 11.9 Å². The normalized spacial score (nSPS) is 25.5. The highest BCUT2D eigenvalue weighted by Gasteiger charge is 2.23. The predicted molar refractivity (Wildman–Crippen MR) is 66.3 cm³/mol. The van der Waals surface area contributed by atoms with E-state index in [1.165, 1.54) is 11.3 Å². The molecule has 0 bridgehead atoms. The summed E-state index contributed by atoms with van der Waals surface area (Å²) in [5, 5.41) is 3.51. The number of benzene rings is 1. The summed E-state index contributed by atoms with van der Waals surface area (Å²) in [7, 11) is 0. The van der Waals surface area contributed by atoms with E-state index in [1.807, 2.05) is 0 Å². The highest BCUT2D eigenvalue weighted by atomic mass is 79.9. The monoisotopic (exact) mass is 269 g/mol. The van der Waals surface area contributed by atoms with Crippen LogP contribution >= 0.6 is 15.9 Å². The van der Waals surface area contributed by atoms with E-state index < -0.39 is 0 Å². The lowest BCUT2D eigenvalue weighted by Crippen LogP contribution is -2.26. The molecule has 1 aromatic carbocycles. The van der Waals surface area contributed by atoms with Gasteiger partial charge in [0.15, 0.2) is 0 Å². The van der Waals surface area contributed by atoms with Crippen molar-refractivity contribution in [1.29, 1.82) is 0 Å². The van der Waals surface area contributed by atoms with Gasteiger partial charge in [-0.15, -0.1) is 0 Å². The summed E-state index contributed by atoms with van der Waals surface area (Å²) in [5.74, 6) is 0. The van der Waals surface area contributed by atoms with Gasteiger partial charge in [0, 0.05) is 16.8 Å². The molecule has 2 rings (SSSR count). The molecular formula is C12H16BrNO. The fraction of sp³-hybridized carbons (Fsp3) is 0.500. The lowest BCUT2D eigenvalue weighted by molar-refractivity contribution is 0.121. The summed E-state index contributed by atoms with van der Waals surface area (Å²) in [4.78, 5) is 0. The van der Waals surface area contributed by atoms with Gasteiger partial charge in [-0.3, -0.25) is 0 Å². The average molecular weight is 270 g/mol. The van der Waals surface area contributed by atoms with Crippen LogP contribution in [0.15, 0.2) is 22.7 Å². The molecule has 2 atom stereocenters. The first-order valence-corrected chi connectivity index (χ1v) is 6.10. The fourth-order valence-corrected chi connectivity index (χ4v) is 2.12. The third-order valence-corrected chi connectivity index (χ3v) is 3.78. The Hall–Kier alpha value is -0.540. The van der Waals surface area contributed by atoms with Crippen LogP contribution in [-0.2, 0) is 4.74 Å². The Labute approximate surface area is 99.1 Å². The second-order valence-electron chi connectivity index (χ2n) is 4.08. The summed E-state index contributed by atoms with van der Waals surface area (Å²) in [5.41, 5.74) is 2.43. The van der Waals surface area contributed by atoms with Gasteiger partial charge in [-0.1, -0.05) is 15.9 Å². The molecule has 1 aliphatic rings. The molecule has 0 saturated carbocycles. The zero-order chi connectivity index (χ0) is 10.8. The predicted octanol–water partition coefficient (Wildman–Crippen LogP) is 3.35. The number of hydrogen-bond acceptors (Lipinski definition) is 2. The van der Waals surface area contributed by atoms with E-state index in [0.717, 1.165) is 17.5 Å². The minimum absolute atomic E-state index is 0.314. The Morgan fingerprint density at radius 2 is 2.27 bits per heavy atom. The van der Waals surface area contributed by atoms with Crippen LogP contribution in [0.2, 0.25) is 0 Å². The molecular weight excluding hydrogens is 254 g/mol.